The average molecular weight is 332 g/mol. The van der Waals surface area contributed by atoms with Crippen LogP contribution in [0.1, 0.15) is 37.8 Å². The molecule has 2 heterocycles. The Balaban J connectivity index is 1.90. The average Bonchev–Trinajstić information content (AvgIpc) is 2.96. The molecule has 2 amide bonds. The van der Waals surface area contributed by atoms with E-state index in [0.29, 0.717) is 18.7 Å². The first kappa shape index (κ1) is 16.4. The fraction of sp³-hybridized carbons (Fsp3) is 0.556. The maximum atomic E-state index is 13.1. The molecule has 0 saturated carbocycles. The quantitative estimate of drug-likeness (QED) is 0.854. The minimum Gasteiger partial charge on any atom is -0.315 e. The van der Waals surface area contributed by atoms with Crippen molar-refractivity contribution >= 4 is 29.3 Å². The lowest BCUT2D eigenvalue weighted by Gasteiger charge is -2.33. The van der Waals surface area contributed by atoms with Gasteiger partial charge in [-0.25, -0.2) is 0 Å². The Morgan fingerprint density at radius 1 is 1.35 bits per heavy atom. The van der Waals surface area contributed by atoms with Gasteiger partial charge in [0.25, 0.3) is 5.91 Å². The number of anilines is 1. The van der Waals surface area contributed by atoms with Crippen molar-refractivity contribution in [3.05, 3.63) is 29.3 Å². The van der Waals surface area contributed by atoms with Crippen molar-refractivity contribution in [1.82, 2.24) is 4.90 Å². The molecule has 3 rings (SSSR count). The van der Waals surface area contributed by atoms with Crippen LogP contribution in [0.3, 0.4) is 0 Å². The second kappa shape index (κ2) is 5.86. The summed E-state index contributed by atoms with van der Waals surface area (Å²) in [4.78, 5) is 28.9. The second-order valence-corrected chi connectivity index (χ2v) is 8.20. The Bertz CT molecular complexity index is 640. The van der Waals surface area contributed by atoms with E-state index in [-0.39, 0.29) is 22.7 Å². The van der Waals surface area contributed by atoms with E-state index in [1.165, 1.54) is 0 Å². The lowest BCUT2D eigenvalue weighted by Crippen LogP contribution is -2.51. The molecular weight excluding hydrogens is 308 g/mol. The van der Waals surface area contributed by atoms with Crippen molar-refractivity contribution in [1.29, 1.82) is 0 Å². The van der Waals surface area contributed by atoms with E-state index in [0.717, 1.165) is 23.2 Å². The lowest BCUT2D eigenvalue weighted by atomic mass is 10.1. The topological polar surface area (TPSA) is 40.6 Å². The summed E-state index contributed by atoms with van der Waals surface area (Å²) in [5.74, 6) is 0.860. The molecule has 2 unspecified atom stereocenters. The number of nitrogens with zero attached hydrogens (tertiary/aromatic N) is 2. The summed E-state index contributed by atoms with van der Waals surface area (Å²) in [7, 11) is 0. The zero-order valence-corrected chi connectivity index (χ0v) is 15.1. The summed E-state index contributed by atoms with van der Waals surface area (Å²) in [5.41, 5.74) is 3.23. The van der Waals surface area contributed by atoms with Crippen molar-refractivity contribution in [2.24, 2.45) is 0 Å². The van der Waals surface area contributed by atoms with E-state index in [9.17, 15) is 9.59 Å². The van der Waals surface area contributed by atoms with Gasteiger partial charge in [-0.05, 0) is 57.4 Å². The molecule has 124 valence electrons. The molecule has 2 fully saturated rings. The summed E-state index contributed by atoms with van der Waals surface area (Å²) in [5, 5.41) is 0. The highest BCUT2D eigenvalue weighted by Crippen LogP contribution is 2.47. The number of benzene rings is 1. The third kappa shape index (κ3) is 2.75. The van der Waals surface area contributed by atoms with Gasteiger partial charge in [0.1, 0.15) is 6.04 Å². The fourth-order valence-electron chi connectivity index (χ4n) is 3.76. The Labute approximate surface area is 142 Å². The van der Waals surface area contributed by atoms with Gasteiger partial charge in [-0.3, -0.25) is 9.59 Å². The van der Waals surface area contributed by atoms with Gasteiger partial charge in [0, 0.05) is 24.4 Å². The Morgan fingerprint density at radius 3 is 2.61 bits per heavy atom. The monoisotopic (exact) mass is 332 g/mol. The summed E-state index contributed by atoms with van der Waals surface area (Å²) in [6.07, 6.45) is 1.40. The van der Waals surface area contributed by atoms with Crippen molar-refractivity contribution in [2.75, 3.05) is 17.2 Å². The number of carbonyl (C=O) groups is 2. The highest BCUT2D eigenvalue weighted by Gasteiger charge is 2.53. The molecule has 0 spiro atoms. The normalized spacial score (nSPS) is 26.5. The molecule has 0 radical (unpaired) electrons. The minimum absolute atomic E-state index is 0.0453. The number of amides is 2. The molecule has 0 aliphatic carbocycles. The third-order valence-electron chi connectivity index (χ3n) is 4.83. The van der Waals surface area contributed by atoms with Crippen LogP contribution in [0.5, 0.6) is 0 Å². The Morgan fingerprint density at radius 2 is 2.00 bits per heavy atom. The fourth-order valence-corrected chi connectivity index (χ4v) is 5.18. The van der Waals surface area contributed by atoms with Gasteiger partial charge < -0.3 is 9.80 Å². The van der Waals surface area contributed by atoms with Gasteiger partial charge >= 0.3 is 0 Å². The molecule has 2 atom stereocenters. The van der Waals surface area contributed by atoms with Gasteiger partial charge in [-0.2, -0.15) is 0 Å². The molecule has 0 aromatic heterocycles. The maximum Gasteiger partial charge on any atom is 0.250 e. The second-order valence-electron chi connectivity index (χ2n) is 6.69. The number of likely N-dealkylation sites (N-methyl/N-ethyl adjacent to an activating group) is 1. The molecule has 5 heteroatoms. The predicted octanol–water partition coefficient (Wildman–Crippen LogP) is 3.11. The van der Waals surface area contributed by atoms with Gasteiger partial charge in [-0.1, -0.05) is 6.07 Å². The maximum absolute atomic E-state index is 13.1. The number of aryl methyl sites for hydroxylation is 2. The van der Waals surface area contributed by atoms with Crippen LogP contribution >= 0.6 is 11.8 Å². The van der Waals surface area contributed by atoms with Crippen LogP contribution < -0.4 is 4.90 Å². The first-order valence-electron chi connectivity index (χ1n) is 8.21. The molecule has 2 aliphatic heterocycles. The molecule has 0 N–H and O–H groups in total. The zero-order valence-electron chi connectivity index (χ0n) is 14.3. The predicted molar refractivity (Wildman–Crippen MR) is 94.7 cm³/mol. The number of fused-ring (bicyclic) bond motifs is 1. The number of rotatable bonds is 3. The molecular formula is C18H24N2O2S. The molecule has 1 aromatic rings. The highest BCUT2D eigenvalue weighted by molar-refractivity contribution is 8.01. The van der Waals surface area contributed by atoms with E-state index in [4.69, 9.17) is 0 Å². The molecule has 0 bridgehead atoms. The Hall–Kier alpha value is -1.49. The van der Waals surface area contributed by atoms with Crippen LogP contribution in [0.4, 0.5) is 5.69 Å². The van der Waals surface area contributed by atoms with E-state index < -0.39 is 0 Å². The van der Waals surface area contributed by atoms with Crippen molar-refractivity contribution in [3.63, 3.8) is 0 Å². The standard InChI is InChI=1S/C18H24N2O2S/c1-5-19(14-9-12(2)8-13(3)10-14)17(22)15-11-23-18(4)7-6-16(21)20(15)18/h8-10,15H,5-7,11H2,1-4H3. The van der Waals surface area contributed by atoms with Crippen molar-refractivity contribution < 1.29 is 9.59 Å². The molecule has 1 aromatic carbocycles. The smallest absolute Gasteiger partial charge is 0.250 e. The summed E-state index contributed by atoms with van der Waals surface area (Å²) >= 11 is 1.74. The molecule has 4 nitrogen and oxygen atoms in total. The van der Waals surface area contributed by atoms with Gasteiger partial charge in [0.15, 0.2) is 0 Å². The number of hydrogen-bond donors (Lipinski definition) is 0. The van der Waals surface area contributed by atoms with Crippen LogP contribution in [-0.4, -0.2) is 39.9 Å². The van der Waals surface area contributed by atoms with Crippen LogP contribution in [-0.2, 0) is 9.59 Å². The van der Waals surface area contributed by atoms with Gasteiger partial charge in [0.2, 0.25) is 5.91 Å². The first-order chi connectivity index (χ1) is 10.9. The zero-order chi connectivity index (χ0) is 16.8. The van der Waals surface area contributed by atoms with Crippen LogP contribution in [0.15, 0.2) is 18.2 Å². The van der Waals surface area contributed by atoms with Crippen molar-refractivity contribution in [3.8, 4) is 0 Å². The molecule has 2 aliphatic rings. The molecule has 2 saturated heterocycles. The first-order valence-corrected chi connectivity index (χ1v) is 9.20. The summed E-state index contributed by atoms with van der Waals surface area (Å²) < 4.78 is 0. The minimum atomic E-state index is -0.333. The Kier molecular flexibility index (Phi) is 4.17. The largest absolute Gasteiger partial charge is 0.315 e. The molecule has 23 heavy (non-hydrogen) atoms. The van der Waals surface area contributed by atoms with Gasteiger partial charge in [0.05, 0.1) is 4.87 Å². The number of carbonyl (C=O) groups excluding carboxylic acids is 2. The lowest BCUT2D eigenvalue weighted by molar-refractivity contribution is -0.136. The SMILES string of the molecule is CCN(C(=O)C1CSC2(C)CCC(=O)N12)c1cc(C)cc(C)c1. The number of hydrogen-bond acceptors (Lipinski definition) is 3. The van der Waals surface area contributed by atoms with Crippen LogP contribution in [0.25, 0.3) is 0 Å². The van der Waals surface area contributed by atoms with Gasteiger partial charge in [-0.15, -0.1) is 11.8 Å². The van der Waals surface area contributed by atoms with Crippen LogP contribution in [0, 0.1) is 13.8 Å². The van der Waals surface area contributed by atoms with Crippen LogP contribution in [0.2, 0.25) is 0 Å². The third-order valence-corrected chi connectivity index (χ3v) is 6.34. The summed E-state index contributed by atoms with van der Waals surface area (Å²) in [6, 6.07) is 5.86. The number of thioether (sulfide) groups is 1. The van der Waals surface area contributed by atoms with E-state index in [1.807, 2.05) is 42.7 Å². The van der Waals surface area contributed by atoms with E-state index in [1.54, 1.807) is 11.8 Å². The summed E-state index contributed by atoms with van der Waals surface area (Å²) in [6.45, 7) is 8.77. The van der Waals surface area contributed by atoms with Crippen molar-refractivity contribution in [2.45, 2.75) is 51.4 Å². The van der Waals surface area contributed by atoms with E-state index in [2.05, 4.69) is 13.0 Å². The van der Waals surface area contributed by atoms with E-state index >= 15 is 0 Å². The highest BCUT2D eigenvalue weighted by atomic mass is 32.2.